The topological polar surface area (TPSA) is 50.6 Å². The third-order valence-electron chi connectivity index (χ3n) is 3.62. The molecule has 0 N–H and O–H groups in total. The average Bonchev–Trinajstić information content (AvgIpc) is 2.68. The fourth-order valence-corrected chi connectivity index (χ4v) is 3.03. The molecule has 6 nitrogen and oxygen atoms in total. The minimum Gasteiger partial charge on any atom is -0.444 e. The lowest BCUT2D eigenvalue weighted by Crippen LogP contribution is -2.54. The second kappa shape index (κ2) is 6.58. The lowest BCUT2D eigenvalue weighted by molar-refractivity contribution is 0.00440. The van der Waals surface area contributed by atoms with Crippen LogP contribution in [0.25, 0.3) is 0 Å². The highest BCUT2D eigenvalue weighted by Gasteiger charge is 2.30. The van der Waals surface area contributed by atoms with Gasteiger partial charge >= 0.3 is 6.09 Å². The van der Waals surface area contributed by atoms with Crippen LogP contribution in [0.1, 0.15) is 33.4 Å². The second-order valence-corrected chi connectivity index (χ2v) is 7.70. The van der Waals surface area contributed by atoms with E-state index in [4.69, 9.17) is 4.74 Å². The van der Waals surface area contributed by atoms with E-state index in [9.17, 15) is 4.79 Å². The number of halogens is 1. The highest BCUT2D eigenvalue weighted by atomic mass is 79.9. The summed E-state index contributed by atoms with van der Waals surface area (Å²) in [5.41, 5.74) is 0.580. The maximum Gasteiger partial charge on any atom is 0.410 e. The molecule has 1 aliphatic heterocycles. The zero-order valence-corrected chi connectivity index (χ0v) is 15.6. The van der Waals surface area contributed by atoms with E-state index < -0.39 is 5.60 Å². The molecule has 2 rings (SSSR count). The zero-order valence-electron chi connectivity index (χ0n) is 14.0. The number of hydrogen-bond acceptors (Lipinski definition) is 4. The van der Waals surface area contributed by atoms with Crippen molar-refractivity contribution in [2.45, 2.75) is 45.9 Å². The molecular weight excluding hydrogens is 348 g/mol. The molecule has 0 radical (unpaired) electrons. The van der Waals surface area contributed by atoms with Crippen molar-refractivity contribution in [1.29, 1.82) is 0 Å². The first-order chi connectivity index (χ1) is 10.2. The number of aromatic nitrogens is 2. The van der Waals surface area contributed by atoms with Gasteiger partial charge in [0.15, 0.2) is 0 Å². The van der Waals surface area contributed by atoms with Gasteiger partial charge in [-0.25, -0.2) is 4.79 Å². The Morgan fingerprint density at radius 3 is 2.64 bits per heavy atom. The number of ether oxygens (including phenoxy) is 1. The van der Waals surface area contributed by atoms with Crippen molar-refractivity contribution in [3.05, 3.63) is 16.4 Å². The van der Waals surface area contributed by atoms with Gasteiger partial charge in [0, 0.05) is 45.5 Å². The van der Waals surface area contributed by atoms with Gasteiger partial charge in [-0.05, 0) is 43.6 Å². The molecule has 0 bridgehead atoms. The van der Waals surface area contributed by atoms with E-state index >= 15 is 0 Å². The summed E-state index contributed by atoms with van der Waals surface area (Å²) >= 11 is 3.54. The lowest BCUT2D eigenvalue weighted by atomic mass is 10.2. The van der Waals surface area contributed by atoms with Gasteiger partial charge in [-0.3, -0.25) is 9.58 Å². The molecule has 0 aromatic carbocycles. The van der Waals surface area contributed by atoms with E-state index in [2.05, 4.69) is 32.9 Å². The summed E-state index contributed by atoms with van der Waals surface area (Å²) in [6.07, 6.45) is 1.73. The molecule has 1 amide bonds. The summed E-state index contributed by atoms with van der Waals surface area (Å²) in [5.74, 6) is 0. The number of rotatable bonds is 2. The summed E-state index contributed by atoms with van der Waals surface area (Å²) in [6, 6.07) is 0.273. The second-order valence-electron chi connectivity index (χ2n) is 6.84. The summed E-state index contributed by atoms with van der Waals surface area (Å²) in [7, 11) is 1.91. The Balaban J connectivity index is 1.93. The Morgan fingerprint density at radius 1 is 1.45 bits per heavy atom. The van der Waals surface area contributed by atoms with Gasteiger partial charge < -0.3 is 9.64 Å². The van der Waals surface area contributed by atoms with Crippen LogP contribution in [0, 0.1) is 0 Å². The standard InChI is InChI=1S/C15H25BrN4O2/c1-11-8-20(14(21)22-15(2,3)4)7-6-19(11)10-13-12(16)9-18(5)17-13/h9,11H,6-8,10H2,1-5H3/t11-/m1/s1. The van der Waals surface area contributed by atoms with Crippen molar-refractivity contribution in [3.8, 4) is 0 Å². The maximum atomic E-state index is 12.1. The Hall–Kier alpha value is -1.08. The molecule has 1 fully saturated rings. The van der Waals surface area contributed by atoms with Crippen LogP contribution in [-0.2, 0) is 18.3 Å². The Labute approximate surface area is 140 Å². The molecule has 1 atom stereocenters. The summed E-state index contributed by atoms with van der Waals surface area (Å²) in [5, 5.41) is 4.46. The molecule has 1 aromatic heterocycles. The van der Waals surface area contributed by atoms with Crippen LogP contribution in [-0.4, -0.2) is 57.0 Å². The first kappa shape index (κ1) is 17.3. The lowest BCUT2D eigenvalue weighted by Gasteiger charge is -2.39. The third-order valence-corrected chi connectivity index (χ3v) is 4.29. The molecule has 1 aromatic rings. The SMILES string of the molecule is C[C@@H]1CN(C(=O)OC(C)(C)C)CCN1Cc1nn(C)cc1Br. The normalized spacial score (nSPS) is 20.3. The van der Waals surface area contributed by atoms with Crippen LogP contribution in [0.3, 0.4) is 0 Å². The van der Waals surface area contributed by atoms with Crippen molar-refractivity contribution in [3.63, 3.8) is 0 Å². The molecule has 1 aliphatic rings. The Kier molecular flexibility index (Phi) is 5.17. The van der Waals surface area contributed by atoms with Gasteiger partial charge in [0.2, 0.25) is 0 Å². The maximum absolute atomic E-state index is 12.1. The molecule has 1 saturated heterocycles. The fraction of sp³-hybridized carbons (Fsp3) is 0.733. The third kappa shape index (κ3) is 4.46. The van der Waals surface area contributed by atoms with Gasteiger partial charge in [0.05, 0.1) is 10.2 Å². The van der Waals surface area contributed by atoms with Crippen molar-refractivity contribution in [1.82, 2.24) is 19.6 Å². The number of amides is 1. The fourth-order valence-electron chi connectivity index (χ4n) is 2.53. The summed E-state index contributed by atoms with van der Waals surface area (Å²) < 4.78 is 8.28. The predicted molar refractivity (Wildman–Crippen MR) is 88.6 cm³/mol. The molecule has 2 heterocycles. The molecule has 22 heavy (non-hydrogen) atoms. The molecule has 0 saturated carbocycles. The van der Waals surface area contributed by atoms with Crippen molar-refractivity contribution >= 4 is 22.0 Å². The summed E-state index contributed by atoms with van der Waals surface area (Å²) in [4.78, 5) is 16.3. The minimum atomic E-state index is -0.448. The molecule has 0 unspecified atom stereocenters. The van der Waals surface area contributed by atoms with Crippen LogP contribution < -0.4 is 0 Å². The number of hydrogen-bond donors (Lipinski definition) is 0. The van der Waals surface area contributed by atoms with Crippen molar-refractivity contribution < 1.29 is 9.53 Å². The van der Waals surface area contributed by atoms with E-state index in [1.807, 2.05) is 34.0 Å². The Bertz CT molecular complexity index is 538. The predicted octanol–water partition coefficient (Wildman–Crippen LogP) is 2.62. The van der Waals surface area contributed by atoms with Gasteiger partial charge in [0.1, 0.15) is 5.60 Å². The van der Waals surface area contributed by atoms with Crippen LogP contribution >= 0.6 is 15.9 Å². The Morgan fingerprint density at radius 2 is 2.14 bits per heavy atom. The first-order valence-electron chi connectivity index (χ1n) is 7.55. The van der Waals surface area contributed by atoms with Crippen molar-refractivity contribution in [2.75, 3.05) is 19.6 Å². The monoisotopic (exact) mass is 372 g/mol. The number of carbonyl (C=O) groups is 1. The quantitative estimate of drug-likeness (QED) is 0.800. The largest absolute Gasteiger partial charge is 0.444 e. The van der Waals surface area contributed by atoms with Gasteiger partial charge in [-0.2, -0.15) is 5.10 Å². The average molecular weight is 373 g/mol. The van der Waals surface area contributed by atoms with E-state index in [1.165, 1.54) is 0 Å². The summed E-state index contributed by atoms with van der Waals surface area (Å²) in [6.45, 7) is 10.8. The van der Waals surface area contributed by atoms with Crippen LogP contribution in [0.15, 0.2) is 10.7 Å². The highest BCUT2D eigenvalue weighted by molar-refractivity contribution is 9.10. The minimum absolute atomic E-state index is 0.224. The zero-order chi connectivity index (χ0) is 16.5. The highest BCUT2D eigenvalue weighted by Crippen LogP contribution is 2.20. The number of carbonyl (C=O) groups excluding carboxylic acids is 1. The van der Waals surface area contributed by atoms with E-state index in [0.29, 0.717) is 13.1 Å². The van der Waals surface area contributed by atoms with E-state index in [0.717, 1.165) is 23.3 Å². The molecular formula is C15H25BrN4O2. The van der Waals surface area contributed by atoms with Gasteiger partial charge in [-0.1, -0.05) is 0 Å². The smallest absolute Gasteiger partial charge is 0.410 e. The number of piperazine rings is 1. The molecule has 0 spiro atoms. The number of aryl methyl sites for hydroxylation is 1. The molecule has 0 aliphatic carbocycles. The first-order valence-corrected chi connectivity index (χ1v) is 8.35. The van der Waals surface area contributed by atoms with Gasteiger partial charge in [0.25, 0.3) is 0 Å². The van der Waals surface area contributed by atoms with Crippen LogP contribution in [0.4, 0.5) is 4.79 Å². The van der Waals surface area contributed by atoms with Gasteiger partial charge in [-0.15, -0.1) is 0 Å². The van der Waals surface area contributed by atoms with E-state index in [1.54, 1.807) is 9.58 Å². The van der Waals surface area contributed by atoms with Crippen LogP contribution in [0.2, 0.25) is 0 Å². The number of nitrogens with zero attached hydrogens (tertiary/aromatic N) is 4. The molecule has 7 heteroatoms. The molecule has 124 valence electrons. The van der Waals surface area contributed by atoms with Crippen LogP contribution in [0.5, 0.6) is 0 Å². The van der Waals surface area contributed by atoms with Crippen molar-refractivity contribution in [2.24, 2.45) is 7.05 Å². The van der Waals surface area contributed by atoms with E-state index in [-0.39, 0.29) is 12.1 Å².